The molecule has 24 heavy (non-hydrogen) atoms. The quantitative estimate of drug-likeness (QED) is 0.782. The zero-order chi connectivity index (χ0) is 17.5. The van der Waals surface area contributed by atoms with E-state index in [2.05, 4.69) is 0 Å². The first kappa shape index (κ1) is 17.7. The molecule has 0 saturated carbocycles. The molecular formula is C19H23NO4. The minimum Gasteiger partial charge on any atom is -0.493 e. The number of amides is 1. The second-order valence-electron chi connectivity index (χ2n) is 5.18. The van der Waals surface area contributed by atoms with E-state index in [1.54, 1.807) is 38.4 Å². The summed E-state index contributed by atoms with van der Waals surface area (Å²) >= 11 is 0. The number of nitrogens with zero attached hydrogens (tertiary/aromatic N) is 1. The van der Waals surface area contributed by atoms with E-state index in [1.807, 2.05) is 37.3 Å². The third kappa shape index (κ3) is 3.79. The Labute approximate surface area is 142 Å². The van der Waals surface area contributed by atoms with E-state index in [0.29, 0.717) is 23.8 Å². The minimum atomic E-state index is 0.0120. The van der Waals surface area contributed by atoms with E-state index in [9.17, 15) is 4.79 Å². The molecule has 0 spiro atoms. The Morgan fingerprint density at radius 1 is 0.958 bits per heavy atom. The molecule has 1 amide bonds. The van der Waals surface area contributed by atoms with Crippen molar-refractivity contribution in [3.05, 3.63) is 48.0 Å². The lowest BCUT2D eigenvalue weighted by molar-refractivity contribution is -0.117. The molecule has 0 N–H and O–H groups in total. The summed E-state index contributed by atoms with van der Waals surface area (Å²) < 4.78 is 16.0. The van der Waals surface area contributed by atoms with Crippen molar-refractivity contribution < 1.29 is 19.0 Å². The zero-order valence-corrected chi connectivity index (χ0v) is 14.5. The molecule has 0 aliphatic heterocycles. The summed E-state index contributed by atoms with van der Waals surface area (Å²) in [6, 6.07) is 13.2. The van der Waals surface area contributed by atoms with Crippen molar-refractivity contribution in [2.24, 2.45) is 0 Å². The average Bonchev–Trinajstić information content (AvgIpc) is 2.62. The van der Waals surface area contributed by atoms with Gasteiger partial charge in [0.2, 0.25) is 11.7 Å². The Balaban J connectivity index is 2.28. The highest BCUT2D eigenvalue weighted by Gasteiger charge is 2.18. The summed E-state index contributed by atoms with van der Waals surface area (Å²) in [6.07, 6.45) is 0.249. The monoisotopic (exact) mass is 329 g/mol. The van der Waals surface area contributed by atoms with Crippen LogP contribution in [0.4, 0.5) is 5.69 Å². The van der Waals surface area contributed by atoms with E-state index in [1.165, 1.54) is 0 Å². The van der Waals surface area contributed by atoms with Gasteiger partial charge in [-0.15, -0.1) is 0 Å². The number of hydrogen-bond acceptors (Lipinski definition) is 4. The van der Waals surface area contributed by atoms with Crippen LogP contribution in [0.1, 0.15) is 12.5 Å². The average molecular weight is 329 g/mol. The predicted octanol–water partition coefficient (Wildman–Crippen LogP) is 3.31. The van der Waals surface area contributed by atoms with Crippen LogP contribution in [0.5, 0.6) is 17.2 Å². The van der Waals surface area contributed by atoms with Gasteiger partial charge in [-0.3, -0.25) is 4.79 Å². The summed E-state index contributed by atoms with van der Waals surface area (Å²) in [5, 5.41) is 0. The highest BCUT2D eigenvalue weighted by Crippen LogP contribution is 2.38. The van der Waals surface area contributed by atoms with Crippen molar-refractivity contribution in [3.63, 3.8) is 0 Å². The largest absolute Gasteiger partial charge is 0.493 e. The molecule has 2 aromatic carbocycles. The Kier molecular flexibility index (Phi) is 6.07. The van der Waals surface area contributed by atoms with Gasteiger partial charge in [-0.25, -0.2) is 0 Å². The number of likely N-dealkylation sites (N-methyl/N-ethyl adjacent to an activating group) is 1. The summed E-state index contributed by atoms with van der Waals surface area (Å²) in [5.41, 5.74) is 1.70. The number of benzene rings is 2. The van der Waals surface area contributed by atoms with Crippen molar-refractivity contribution >= 4 is 11.6 Å². The predicted molar refractivity (Wildman–Crippen MR) is 94.3 cm³/mol. The van der Waals surface area contributed by atoms with E-state index >= 15 is 0 Å². The maximum atomic E-state index is 12.7. The van der Waals surface area contributed by atoms with E-state index in [4.69, 9.17) is 14.2 Å². The fourth-order valence-electron chi connectivity index (χ4n) is 2.62. The molecule has 0 saturated heterocycles. The van der Waals surface area contributed by atoms with Gasteiger partial charge in [0.05, 0.1) is 27.8 Å². The highest BCUT2D eigenvalue weighted by atomic mass is 16.5. The molecule has 0 aliphatic carbocycles. The number of methoxy groups -OCH3 is 3. The Bertz CT molecular complexity index is 660. The number of hydrogen-bond donors (Lipinski definition) is 0. The first-order valence-corrected chi connectivity index (χ1v) is 7.78. The fourth-order valence-corrected chi connectivity index (χ4v) is 2.62. The summed E-state index contributed by atoms with van der Waals surface area (Å²) in [6.45, 7) is 2.56. The van der Waals surface area contributed by atoms with Crippen LogP contribution in [0.3, 0.4) is 0 Å². The second kappa shape index (κ2) is 8.24. The van der Waals surface area contributed by atoms with Gasteiger partial charge < -0.3 is 19.1 Å². The number of anilines is 1. The SMILES string of the molecule is CCN(C(=O)Cc1cc(OC)c(OC)c(OC)c1)c1ccccc1. The van der Waals surface area contributed by atoms with Crippen LogP contribution in [0.15, 0.2) is 42.5 Å². The topological polar surface area (TPSA) is 48.0 Å². The van der Waals surface area contributed by atoms with Gasteiger partial charge in [-0.2, -0.15) is 0 Å². The van der Waals surface area contributed by atoms with Gasteiger partial charge in [0.15, 0.2) is 11.5 Å². The summed E-state index contributed by atoms with van der Waals surface area (Å²) in [5.74, 6) is 1.62. The van der Waals surface area contributed by atoms with Crippen molar-refractivity contribution in [1.29, 1.82) is 0 Å². The van der Waals surface area contributed by atoms with Crippen LogP contribution in [-0.2, 0) is 11.2 Å². The molecule has 0 radical (unpaired) electrons. The molecule has 0 heterocycles. The molecular weight excluding hydrogens is 306 g/mol. The maximum absolute atomic E-state index is 12.7. The summed E-state index contributed by atoms with van der Waals surface area (Å²) in [7, 11) is 4.68. The van der Waals surface area contributed by atoms with E-state index in [0.717, 1.165) is 11.3 Å². The molecule has 2 aromatic rings. The lowest BCUT2D eigenvalue weighted by Crippen LogP contribution is -2.31. The van der Waals surface area contributed by atoms with E-state index in [-0.39, 0.29) is 12.3 Å². The molecule has 0 unspecified atom stereocenters. The third-order valence-electron chi connectivity index (χ3n) is 3.77. The molecule has 5 heteroatoms. The van der Waals surface area contributed by atoms with E-state index < -0.39 is 0 Å². The van der Waals surface area contributed by atoms with Gasteiger partial charge in [0.25, 0.3) is 0 Å². The third-order valence-corrected chi connectivity index (χ3v) is 3.77. The molecule has 2 rings (SSSR count). The number of ether oxygens (including phenoxy) is 3. The van der Waals surface area contributed by atoms with Gasteiger partial charge in [0.1, 0.15) is 0 Å². The highest BCUT2D eigenvalue weighted by molar-refractivity contribution is 5.94. The van der Waals surface area contributed by atoms with Crippen LogP contribution < -0.4 is 19.1 Å². The zero-order valence-electron chi connectivity index (χ0n) is 14.5. The summed E-state index contributed by atoms with van der Waals surface area (Å²) in [4.78, 5) is 14.5. The number of carbonyl (C=O) groups is 1. The molecule has 0 aromatic heterocycles. The number of rotatable bonds is 7. The normalized spacial score (nSPS) is 10.2. The van der Waals surface area contributed by atoms with Crippen molar-refractivity contribution in [3.8, 4) is 17.2 Å². The smallest absolute Gasteiger partial charge is 0.231 e. The van der Waals surface area contributed by atoms with Crippen LogP contribution in [0.25, 0.3) is 0 Å². The van der Waals surface area contributed by atoms with Gasteiger partial charge >= 0.3 is 0 Å². The Morgan fingerprint density at radius 3 is 2.00 bits per heavy atom. The molecule has 0 aliphatic rings. The fraction of sp³-hybridized carbons (Fsp3) is 0.316. The van der Waals surface area contributed by atoms with Crippen molar-refractivity contribution in [2.75, 3.05) is 32.8 Å². The van der Waals surface area contributed by atoms with Crippen LogP contribution in [-0.4, -0.2) is 33.8 Å². The Hall–Kier alpha value is -2.69. The molecule has 128 valence electrons. The minimum absolute atomic E-state index is 0.0120. The Morgan fingerprint density at radius 2 is 1.54 bits per heavy atom. The first-order chi connectivity index (χ1) is 11.6. The van der Waals surface area contributed by atoms with Crippen molar-refractivity contribution in [2.45, 2.75) is 13.3 Å². The van der Waals surface area contributed by atoms with Gasteiger partial charge in [0, 0.05) is 12.2 Å². The van der Waals surface area contributed by atoms with Crippen LogP contribution in [0.2, 0.25) is 0 Å². The lowest BCUT2D eigenvalue weighted by Gasteiger charge is -2.21. The lowest BCUT2D eigenvalue weighted by atomic mass is 10.1. The number of para-hydroxylation sites is 1. The van der Waals surface area contributed by atoms with Crippen LogP contribution >= 0.6 is 0 Å². The second-order valence-corrected chi connectivity index (χ2v) is 5.18. The molecule has 0 atom stereocenters. The van der Waals surface area contributed by atoms with Crippen LogP contribution in [0, 0.1) is 0 Å². The molecule has 0 fully saturated rings. The van der Waals surface area contributed by atoms with Gasteiger partial charge in [-0.1, -0.05) is 18.2 Å². The number of carbonyl (C=O) groups excluding carboxylic acids is 1. The molecule has 0 bridgehead atoms. The standard InChI is InChI=1S/C19H23NO4/c1-5-20(15-9-7-6-8-10-15)18(21)13-14-11-16(22-2)19(24-4)17(12-14)23-3/h6-12H,5,13H2,1-4H3. The first-order valence-electron chi connectivity index (χ1n) is 7.78. The van der Waals surface area contributed by atoms with Crippen molar-refractivity contribution in [1.82, 2.24) is 0 Å². The molecule has 5 nitrogen and oxygen atoms in total. The van der Waals surface area contributed by atoms with Gasteiger partial charge in [-0.05, 0) is 36.8 Å². The maximum Gasteiger partial charge on any atom is 0.231 e.